The molecule has 0 saturated heterocycles. The minimum Gasteiger partial charge on any atom is -0.496 e. The molecule has 2 N–H and O–H groups in total. The van der Waals surface area contributed by atoms with E-state index >= 15 is 0 Å². The number of rotatable bonds is 15. The van der Waals surface area contributed by atoms with Gasteiger partial charge in [0.15, 0.2) is 0 Å². The van der Waals surface area contributed by atoms with Crippen LogP contribution in [0.3, 0.4) is 0 Å². The van der Waals surface area contributed by atoms with Crippen molar-refractivity contribution in [3.05, 3.63) is 47.5 Å². The first-order valence-corrected chi connectivity index (χ1v) is 11.6. The Morgan fingerprint density at radius 1 is 0.559 bits per heavy atom. The van der Waals surface area contributed by atoms with Gasteiger partial charge in [0.25, 0.3) is 11.8 Å². The number of unbranched alkanes of at least 4 members (excludes halogenated alkanes) is 5. The smallest absolute Gasteiger partial charge is 0.258 e. The number of nitrogens with one attached hydrogen (secondary N) is 2. The number of hydrogen-bond acceptors (Lipinski definition) is 6. The van der Waals surface area contributed by atoms with Crippen molar-refractivity contribution in [1.82, 2.24) is 10.6 Å². The van der Waals surface area contributed by atoms with Crippen molar-refractivity contribution in [3.8, 4) is 23.0 Å². The molecule has 2 aromatic rings. The normalized spacial score (nSPS) is 10.4. The molecule has 0 aliphatic heterocycles. The quantitative estimate of drug-likeness (QED) is 0.377. The van der Waals surface area contributed by atoms with Crippen LogP contribution in [-0.2, 0) is 0 Å². The summed E-state index contributed by atoms with van der Waals surface area (Å²) in [6, 6.07) is 10.5. The Balaban J connectivity index is 1.60. The maximum atomic E-state index is 12.5. The molecule has 0 radical (unpaired) electrons. The van der Waals surface area contributed by atoms with Gasteiger partial charge in [-0.05, 0) is 37.1 Å². The van der Waals surface area contributed by atoms with Gasteiger partial charge in [-0.3, -0.25) is 9.59 Å². The highest BCUT2D eigenvalue weighted by Gasteiger charge is 2.18. The van der Waals surface area contributed by atoms with Crippen molar-refractivity contribution in [2.45, 2.75) is 38.5 Å². The fourth-order valence-electron chi connectivity index (χ4n) is 3.69. The predicted molar refractivity (Wildman–Crippen MR) is 131 cm³/mol. The molecule has 0 atom stereocenters. The molecule has 2 rings (SSSR count). The highest BCUT2D eigenvalue weighted by atomic mass is 16.5. The van der Waals surface area contributed by atoms with Crippen molar-refractivity contribution in [2.24, 2.45) is 0 Å². The van der Waals surface area contributed by atoms with E-state index in [1.54, 1.807) is 36.4 Å². The number of methoxy groups -OCH3 is 4. The molecule has 0 aromatic heterocycles. The second kappa shape index (κ2) is 14.7. The average Bonchev–Trinajstić information content (AvgIpc) is 2.88. The van der Waals surface area contributed by atoms with E-state index in [9.17, 15) is 9.59 Å². The Hall–Kier alpha value is -3.42. The zero-order valence-corrected chi connectivity index (χ0v) is 20.6. The molecule has 0 aliphatic rings. The minimum atomic E-state index is -0.197. The van der Waals surface area contributed by atoms with Gasteiger partial charge in [-0.1, -0.05) is 37.8 Å². The topological polar surface area (TPSA) is 95.1 Å². The van der Waals surface area contributed by atoms with E-state index in [4.69, 9.17) is 18.9 Å². The molecule has 8 nitrogen and oxygen atoms in total. The first-order chi connectivity index (χ1) is 16.6. The number of benzene rings is 2. The van der Waals surface area contributed by atoms with Gasteiger partial charge >= 0.3 is 0 Å². The van der Waals surface area contributed by atoms with Crippen LogP contribution in [0.1, 0.15) is 59.2 Å². The molecular weight excluding hydrogens is 436 g/mol. The van der Waals surface area contributed by atoms with Crippen molar-refractivity contribution in [1.29, 1.82) is 0 Å². The Bertz CT molecular complexity index is 812. The summed E-state index contributed by atoms with van der Waals surface area (Å²) in [5.74, 6) is 1.58. The standard InChI is InChI=1S/C26H36N2O6/c1-31-19-13-11-14-20(32-2)23(19)25(29)27-17-9-7-5-6-8-10-18-28-26(30)24-21(33-3)15-12-16-22(24)34-4/h11-16H,5-10,17-18H2,1-4H3,(H,27,29)(H,28,30). The van der Waals surface area contributed by atoms with Crippen LogP contribution < -0.4 is 29.6 Å². The first kappa shape index (κ1) is 26.8. The Kier molecular flexibility index (Phi) is 11.6. The molecule has 0 bridgehead atoms. The molecule has 186 valence electrons. The van der Waals surface area contributed by atoms with Gasteiger partial charge in [-0.2, -0.15) is 0 Å². The van der Waals surface area contributed by atoms with Crippen LogP contribution >= 0.6 is 0 Å². The van der Waals surface area contributed by atoms with E-state index in [0.29, 0.717) is 47.2 Å². The third kappa shape index (κ3) is 7.57. The van der Waals surface area contributed by atoms with Gasteiger partial charge in [0.05, 0.1) is 28.4 Å². The van der Waals surface area contributed by atoms with Gasteiger partial charge in [0.2, 0.25) is 0 Å². The van der Waals surface area contributed by atoms with Crippen LogP contribution in [0.4, 0.5) is 0 Å². The van der Waals surface area contributed by atoms with Gasteiger partial charge in [-0.25, -0.2) is 0 Å². The van der Waals surface area contributed by atoms with Crippen molar-refractivity contribution in [2.75, 3.05) is 41.5 Å². The van der Waals surface area contributed by atoms with Crippen LogP contribution in [0.25, 0.3) is 0 Å². The molecule has 8 heteroatoms. The fourth-order valence-corrected chi connectivity index (χ4v) is 3.69. The molecule has 0 unspecified atom stereocenters. The fraction of sp³-hybridized carbons (Fsp3) is 0.462. The summed E-state index contributed by atoms with van der Waals surface area (Å²) < 4.78 is 21.1. The summed E-state index contributed by atoms with van der Waals surface area (Å²) in [6.07, 6.45) is 5.98. The van der Waals surface area contributed by atoms with Crippen LogP contribution in [0, 0.1) is 0 Å². The average molecular weight is 473 g/mol. The molecule has 2 aromatic carbocycles. The van der Waals surface area contributed by atoms with Crippen molar-refractivity contribution < 1.29 is 28.5 Å². The highest BCUT2D eigenvalue weighted by molar-refractivity contribution is 6.00. The van der Waals surface area contributed by atoms with E-state index in [0.717, 1.165) is 38.5 Å². The van der Waals surface area contributed by atoms with Gasteiger partial charge in [0, 0.05) is 13.1 Å². The van der Waals surface area contributed by atoms with E-state index in [2.05, 4.69) is 10.6 Å². The molecule has 0 saturated carbocycles. The summed E-state index contributed by atoms with van der Waals surface area (Å²) in [4.78, 5) is 25.1. The van der Waals surface area contributed by atoms with E-state index in [1.807, 2.05) is 0 Å². The summed E-state index contributed by atoms with van der Waals surface area (Å²) in [7, 11) is 6.14. The third-order valence-electron chi connectivity index (χ3n) is 5.48. The Morgan fingerprint density at radius 2 is 0.853 bits per heavy atom. The zero-order valence-electron chi connectivity index (χ0n) is 20.6. The monoisotopic (exact) mass is 472 g/mol. The summed E-state index contributed by atoms with van der Waals surface area (Å²) in [5.41, 5.74) is 0.834. The molecule has 0 aliphatic carbocycles. The second-order valence-corrected chi connectivity index (χ2v) is 7.71. The minimum absolute atomic E-state index is 0.197. The summed E-state index contributed by atoms with van der Waals surface area (Å²) >= 11 is 0. The van der Waals surface area contributed by atoms with Gasteiger partial charge in [-0.15, -0.1) is 0 Å². The van der Waals surface area contributed by atoms with Crippen LogP contribution in [0.2, 0.25) is 0 Å². The summed E-state index contributed by atoms with van der Waals surface area (Å²) in [5, 5.41) is 5.88. The molecule has 0 spiro atoms. The predicted octanol–water partition coefficient (Wildman–Crippen LogP) is 4.22. The SMILES string of the molecule is COc1cccc(OC)c1C(=O)NCCCCCCCCNC(=O)c1c(OC)cccc1OC. The van der Waals surface area contributed by atoms with Crippen molar-refractivity contribution >= 4 is 11.8 Å². The lowest BCUT2D eigenvalue weighted by Crippen LogP contribution is -2.25. The lowest BCUT2D eigenvalue weighted by atomic mass is 10.1. The molecule has 2 amide bonds. The number of ether oxygens (including phenoxy) is 4. The van der Waals surface area contributed by atoms with E-state index < -0.39 is 0 Å². The van der Waals surface area contributed by atoms with E-state index in [-0.39, 0.29) is 11.8 Å². The summed E-state index contributed by atoms with van der Waals surface area (Å²) in [6.45, 7) is 1.19. The van der Waals surface area contributed by atoms with Crippen LogP contribution in [0.15, 0.2) is 36.4 Å². The third-order valence-corrected chi connectivity index (χ3v) is 5.48. The lowest BCUT2D eigenvalue weighted by Gasteiger charge is -2.13. The van der Waals surface area contributed by atoms with E-state index in [1.165, 1.54) is 28.4 Å². The molecular formula is C26H36N2O6. The van der Waals surface area contributed by atoms with Crippen LogP contribution in [-0.4, -0.2) is 53.3 Å². The number of amides is 2. The van der Waals surface area contributed by atoms with Gasteiger partial charge in [0.1, 0.15) is 34.1 Å². The van der Waals surface area contributed by atoms with Crippen molar-refractivity contribution in [3.63, 3.8) is 0 Å². The van der Waals surface area contributed by atoms with Gasteiger partial charge < -0.3 is 29.6 Å². The lowest BCUT2D eigenvalue weighted by molar-refractivity contribution is 0.0937. The molecule has 0 heterocycles. The molecule has 0 fully saturated rings. The Labute approximate surface area is 201 Å². The zero-order chi connectivity index (χ0) is 24.8. The largest absolute Gasteiger partial charge is 0.496 e. The second-order valence-electron chi connectivity index (χ2n) is 7.71. The number of carbonyl (C=O) groups excluding carboxylic acids is 2. The maximum absolute atomic E-state index is 12.5. The highest BCUT2D eigenvalue weighted by Crippen LogP contribution is 2.28. The Morgan fingerprint density at radius 3 is 1.15 bits per heavy atom. The first-order valence-electron chi connectivity index (χ1n) is 11.6. The van der Waals surface area contributed by atoms with Crippen LogP contribution in [0.5, 0.6) is 23.0 Å². The number of carbonyl (C=O) groups is 2. The maximum Gasteiger partial charge on any atom is 0.258 e. The molecule has 34 heavy (non-hydrogen) atoms. The number of hydrogen-bond donors (Lipinski definition) is 2.